The first-order chi connectivity index (χ1) is 10.1. The molecule has 0 unspecified atom stereocenters. The van der Waals surface area contributed by atoms with Gasteiger partial charge in [-0.15, -0.1) is 0 Å². The number of rotatable bonds is 6. The summed E-state index contributed by atoms with van der Waals surface area (Å²) < 4.78 is 27.8. The fourth-order valence-electron chi connectivity index (χ4n) is 1.71. The third-order valence-electron chi connectivity index (χ3n) is 2.77. The Balaban J connectivity index is 2.39. The molecular weight excluding hydrogens is 290 g/mol. The average molecular weight is 305 g/mol. The zero-order valence-electron chi connectivity index (χ0n) is 11.5. The van der Waals surface area contributed by atoms with Crippen molar-refractivity contribution in [1.29, 1.82) is 5.26 Å². The first kappa shape index (κ1) is 15.0. The van der Waals surface area contributed by atoms with Crippen molar-refractivity contribution in [2.75, 3.05) is 10.5 Å². The van der Waals surface area contributed by atoms with E-state index in [1.54, 1.807) is 24.4 Å². The van der Waals surface area contributed by atoms with Crippen molar-refractivity contribution in [2.45, 2.75) is 19.8 Å². The second-order valence-corrected chi connectivity index (χ2v) is 6.23. The van der Waals surface area contributed by atoms with Crippen molar-refractivity contribution in [2.24, 2.45) is 0 Å². The number of unbranched alkanes of at least 4 members (excludes halogenated alkanes) is 1. The van der Waals surface area contributed by atoms with Crippen LogP contribution in [0.3, 0.4) is 0 Å². The molecule has 0 aliphatic rings. The zero-order valence-corrected chi connectivity index (χ0v) is 12.3. The first-order valence-corrected chi connectivity index (χ1v) is 8.12. The van der Waals surface area contributed by atoms with Crippen LogP contribution in [0.5, 0.6) is 0 Å². The molecule has 0 aliphatic heterocycles. The van der Waals surface area contributed by atoms with E-state index in [1.807, 2.05) is 13.0 Å². The molecule has 8 heteroatoms. The molecule has 1 N–H and O–H groups in total. The maximum Gasteiger partial charge on any atom is 0.233 e. The number of nitrogens with one attached hydrogen (secondary N) is 1. The van der Waals surface area contributed by atoms with Crippen LogP contribution in [-0.2, 0) is 10.0 Å². The lowest BCUT2D eigenvalue weighted by molar-refractivity contribution is 0.597. The highest BCUT2D eigenvalue weighted by atomic mass is 32.2. The van der Waals surface area contributed by atoms with E-state index >= 15 is 0 Å². The van der Waals surface area contributed by atoms with Crippen LogP contribution < -0.4 is 4.72 Å². The maximum absolute atomic E-state index is 12.0. The van der Waals surface area contributed by atoms with E-state index in [0.29, 0.717) is 12.2 Å². The van der Waals surface area contributed by atoms with Gasteiger partial charge in [0.2, 0.25) is 10.0 Å². The molecular formula is C13H15N5O2S. The summed E-state index contributed by atoms with van der Waals surface area (Å²) in [6.45, 7) is 1.91. The van der Waals surface area contributed by atoms with Crippen LogP contribution in [0.4, 0.5) is 5.82 Å². The molecule has 110 valence electrons. The Hall–Kier alpha value is -2.40. The number of hydrogen-bond acceptors (Lipinski definition) is 5. The van der Waals surface area contributed by atoms with Gasteiger partial charge in [-0.2, -0.15) is 15.0 Å². The minimum atomic E-state index is -3.52. The summed E-state index contributed by atoms with van der Waals surface area (Å²) in [6, 6.07) is 7.10. The number of aromatic nitrogens is 3. The zero-order chi connectivity index (χ0) is 15.3. The Kier molecular flexibility index (Phi) is 4.55. The molecule has 0 fully saturated rings. The Morgan fingerprint density at radius 3 is 2.86 bits per heavy atom. The molecule has 0 aromatic carbocycles. The maximum atomic E-state index is 12.0. The SMILES string of the molecule is CCCCS(=O)(=O)Nc1c(C#N)cnn1-c1ccccn1. The van der Waals surface area contributed by atoms with Gasteiger partial charge in [0.1, 0.15) is 11.6 Å². The third kappa shape index (κ3) is 3.58. The van der Waals surface area contributed by atoms with Crippen molar-refractivity contribution in [3.63, 3.8) is 0 Å². The summed E-state index contributed by atoms with van der Waals surface area (Å²) in [4.78, 5) is 4.11. The Morgan fingerprint density at radius 1 is 1.43 bits per heavy atom. The molecule has 0 amide bonds. The highest BCUT2D eigenvalue weighted by Gasteiger charge is 2.18. The van der Waals surface area contributed by atoms with Gasteiger partial charge in [-0.05, 0) is 18.6 Å². The lowest BCUT2D eigenvalue weighted by Gasteiger charge is -2.10. The van der Waals surface area contributed by atoms with E-state index in [-0.39, 0.29) is 17.1 Å². The van der Waals surface area contributed by atoms with Crippen molar-refractivity contribution in [3.8, 4) is 11.9 Å². The molecule has 7 nitrogen and oxygen atoms in total. The fourth-order valence-corrected chi connectivity index (χ4v) is 2.98. The average Bonchev–Trinajstić information content (AvgIpc) is 2.88. The molecule has 21 heavy (non-hydrogen) atoms. The second kappa shape index (κ2) is 6.37. The van der Waals surface area contributed by atoms with Crippen molar-refractivity contribution in [3.05, 3.63) is 36.2 Å². The van der Waals surface area contributed by atoms with E-state index < -0.39 is 10.0 Å². The number of pyridine rings is 1. The smallest absolute Gasteiger partial charge is 0.233 e. The van der Waals surface area contributed by atoms with E-state index in [9.17, 15) is 8.42 Å². The monoisotopic (exact) mass is 305 g/mol. The van der Waals surface area contributed by atoms with Crippen LogP contribution in [0.2, 0.25) is 0 Å². The highest BCUT2D eigenvalue weighted by molar-refractivity contribution is 7.92. The largest absolute Gasteiger partial charge is 0.266 e. The summed E-state index contributed by atoms with van der Waals surface area (Å²) in [5.74, 6) is 0.557. The van der Waals surface area contributed by atoms with Crippen molar-refractivity contribution >= 4 is 15.8 Å². The quantitative estimate of drug-likeness (QED) is 0.875. The predicted molar refractivity (Wildman–Crippen MR) is 78.4 cm³/mol. The third-order valence-corrected chi connectivity index (χ3v) is 4.11. The minimum absolute atomic E-state index is 0.00175. The normalized spacial score (nSPS) is 11.0. The Morgan fingerprint density at radius 2 is 2.24 bits per heavy atom. The van der Waals surface area contributed by atoms with E-state index in [1.165, 1.54) is 10.9 Å². The van der Waals surface area contributed by atoms with Crippen molar-refractivity contribution < 1.29 is 8.42 Å². The highest BCUT2D eigenvalue weighted by Crippen LogP contribution is 2.19. The lowest BCUT2D eigenvalue weighted by atomic mass is 10.4. The molecule has 0 radical (unpaired) electrons. The van der Waals surface area contributed by atoms with Gasteiger partial charge in [-0.3, -0.25) is 4.72 Å². The fraction of sp³-hybridized carbons (Fsp3) is 0.308. The van der Waals surface area contributed by atoms with Crippen LogP contribution in [-0.4, -0.2) is 28.9 Å². The Bertz CT molecular complexity index is 747. The molecule has 0 saturated heterocycles. The Labute approximate surface area is 123 Å². The lowest BCUT2D eigenvalue weighted by Crippen LogP contribution is -2.19. The van der Waals surface area contributed by atoms with Gasteiger partial charge in [-0.1, -0.05) is 19.4 Å². The molecule has 0 atom stereocenters. The molecule has 0 aliphatic carbocycles. The van der Waals surface area contributed by atoms with Crippen LogP contribution >= 0.6 is 0 Å². The van der Waals surface area contributed by atoms with Crippen LogP contribution in [0, 0.1) is 11.3 Å². The van der Waals surface area contributed by atoms with E-state index in [0.717, 1.165) is 6.42 Å². The van der Waals surface area contributed by atoms with Gasteiger partial charge in [0.05, 0.1) is 11.9 Å². The molecule has 2 aromatic heterocycles. The number of sulfonamides is 1. The van der Waals surface area contributed by atoms with Crippen LogP contribution in [0.15, 0.2) is 30.6 Å². The van der Waals surface area contributed by atoms with Crippen LogP contribution in [0.25, 0.3) is 5.82 Å². The topological polar surface area (TPSA) is 101 Å². The van der Waals surface area contributed by atoms with Gasteiger partial charge in [-0.25, -0.2) is 13.4 Å². The molecule has 0 bridgehead atoms. The number of anilines is 1. The molecule has 0 saturated carbocycles. The van der Waals surface area contributed by atoms with Gasteiger partial charge in [0.25, 0.3) is 0 Å². The summed E-state index contributed by atoms with van der Waals surface area (Å²) >= 11 is 0. The molecule has 0 spiro atoms. The van der Waals surface area contributed by atoms with Gasteiger partial charge in [0.15, 0.2) is 11.6 Å². The minimum Gasteiger partial charge on any atom is -0.266 e. The number of nitrogens with zero attached hydrogens (tertiary/aromatic N) is 4. The van der Waals surface area contributed by atoms with E-state index in [4.69, 9.17) is 5.26 Å². The number of nitriles is 1. The van der Waals surface area contributed by atoms with Crippen LogP contribution in [0.1, 0.15) is 25.3 Å². The standard InChI is InChI=1S/C13H15N5O2S/c1-2-3-8-21(19,20)17-13-11(9-14)10-16-18(13)12-6-4-5-7-15-12/h4-7,10,17H,2-3,8H2,1H3. The van der Waals surface area contributed by atoms with Gasteiger partial charge in [0, 0.05) is 6.20 Å². The molecule has 2 aromatic rings. The van der Waals surface area contributed by atoms with Crippen molar-refractivity contribution in [1.82, 2.24) is 14.8 Å². The molecule has 2 rings (SSSR count). The number of hydrogen-bond donors (Lipinski definition) is 1. The summed E-state index contributed by atoms with van der Waals surface area (Å²) in [5, 5.41) is 13.1. The predicted octanol–water partition coefficient (Wildman–Crippen LogP) is 1.68. The van der Waals surface area contributed by atoms with Gasteiger partial charge < -0.3 is 0 Å². The summed E-state index contributed by atoms with van der Waals surface area (Å²) in [6.07, 6.45) is 4.20. The second-order valence-electron chi connectivity index (χ2n) is 4.39. The summed E-state index contributed by atoms with van der Waals surface area (Å²) in [7, 11) is -3.52. The van der Waals surface area contributed by atoms with E-state index in [2.05, 4.69) is 14.8 Å². The molecule has 2 heterocycles. The first-order valence-electron chi connectivity index (χ1n) is 6.47. The van der Waals surface area contributed by atoms with Gasteiger partial charge >= 0.3 is 0 Å². The summed E-state index contributed by atoms with van der Waals surface area (Å²) in [5.41, 5.74) is 0.153.